The van der Waals surface area contributed by atoms with Gasteiger partial charge in [0.1, 0.15) is 0 Å². The van der Waals surface area contributed by atoms with E-state index in [4.69, 9.17) is 4.74 Å². The number of carbonyl (C=O) groups excluding carboxylic acids is 1. The topological polar surface area (TPSA) is 35.5 Å². The van der Waals surface area contributed by atoms with E-state index in [1.54, 1.807) is 0 Å². The first-order valence-electron chi connectivity index (χ1n) is 3.27. The molecule has 0 aliphatic carbocycles. The SMILES string of the molecule is [CH2]COCCCOC(C)=O. The van der Waals surface area contributed by atoms with Crippen LogP contribution in [-0.4, -0.2) is 25.8 Å². The minimum Gasteiger partial charge on any atom is -0.466 e. The minimum atomic E-state index is -0.241. The van der Waals surface area contributed by atoms with Gasteiger partial charge in [-0.05, 0) is 6.92 Å². The second kappa shape index (κ2) is 6.55. The Bertz CT molecular complexity index is 90.9. The summed E-state index contributed by atoms with van der Waals surface area (Å²) in [4.78, 5) is 10.2. The van der Waals surface area contributed by atoms with Gasteiger partial charge < -0.3 is 9.47 Å². The summed E-state index contributed by atoms with van der Waals surface area (Å²) < 4.78 is 9.56. The Morgan fingerprint density at radius 2 is 2.20 bits per heavy atom. The standard InChI is InChI=1S/C7H13O3/c1-3-9-5-4-6-10-7(2)8/h1,3-6H2,2H3. The molecule has 0 aromatic rings. The Labute approximate surface area is 61.3 Å². The monoisotopic (exact) mass is 145 g/mol. The molecule has 0 bridgehead atoms. The van der Waals surface area contributed by atoms with Gasteiger partial charge in [0.25, 0.3) is 0 Å². The maximum Gasteiger partial charge on any atom is 0.302 e. The summed E-state index contributed by atoms with van der Waals surface area (Å²) in [5.41, 5.74) is 0. The molecule has 10 heavy (non-hydrogen) atoms. The van der Waals surface area contributed by atoms with Crippen molar-refractivity contribution in [3.05, 3.63) is 6.92 Å². The first-order chi connectivity index (χ1) is 4.77. The molecule has 0 aromatic heterocycles. The van der Waals surface area contributed by atoms with E-state index in [9.17, 15) is 4.79 Å². The predicted octanol–water partition coefficient (Wildman–Crippen LogP) is 0.790. The molecule has 0 aliphatic heterocycles. The van der Waals surface area contributed by atoms with Crippen molar-refractivity contribution in [1.29, 1.82) is 0 Å². The summed E-state index contributed by atoms with van der Waals surface area (Å²) in [6, 6.07) is 0. The molecule has 3 nitrogen and oxygen atoms in total. The number of hydrogen-bond acceptors (Lipinski definition) is 3. The lowest BCUT2D eigenvalue weighted by atomic mass is 10.5. The predicted molar refractivity (Wildman–Crippen MR) is 37.4 cm³/mol. The van der Waals surface area contributed by atoms with Gasteiger partial charge in [-0.1, -0.05) is 0 Å². The molecule has 0 spiro atoms. The second-order valence-electron chi connectivity index (χ2n) is 1.81. The van der Waals surface area contributed by atoms with E-state index in [1.807, 2.05) is 0 Å². The van der Waals surface area contributed by atoms with Gasteiger partial charge in [0.2, 0.25) is 0 Å². The quantitative estimate of drug-likeness (QED) is 0.424. The fraction of sp³-hybridized carbons (Fsp3) is 0.714. The van der Waals surface area contributed by atoms with Crippen LogP contribution in [0.5, 0.6) is 0 Å². The number of ether oxygens (including phenoxy) is 2. The van der Waals surface area contributed by atoms with Gasteiger partial charge in [0, 0.05) is 26.6 Å². The highest BCUT2D eigenvalue weighted by Crippen LogP contribution is 1.84. The molecule has 0 aliphatic rings. The largest absolute Gasteiger partial charge is 0.466 e. The second-order valence-corrected chi connectivity index (χ2v) is 1.81. The lowest BCUT2D eigenvalue weighted by molar-refractivity contribution is -0.141. The molecule has 0 heterocycles. The molecule has 0 atom stereocenters. The number of rotatable bonds is 5. The van der Waals surface area contributed by atoms with Crippen molar-refractivity contribution < 1.29 is 14.3 Å². The molecular formula is C7H13O3. The third-order valence-electron chi connectivity index (χ3n) is 0.883. The number of hydrogen-bond donors (Lipinski definition) is 0. The molecular weight excluding hydrogens is 132 g/mol. The van der Waals surface area contributed by atoms with Crippen LogP contribution in [0.15, 0.2) is 0 Å². The van der Waals surface area contributed by atoms with E-state index in [2.05, 4.69) is 11.7 Å². The van der Waals surface area contributed by atoms with Crippen LogP contribution in [0.3, 0.4) is 0 Å². The third-order valence-corrected chi connectivity index (χ3v) is 0.883. The van der Waals surface area contributed by atoms with E-state index in [0.29, 0.717) is 19.8 Å². The molecule has 0 N–H and O–H groups in total. The van der Waals surface area contributed by atoms with Crippen LogP contribution >= 0.6 is 0 Å². The van der Waals surface area contributed by atoms with Crippen LogP contribution < -0.4 is 0 Å². The van der Waals surface area contributed by atoms with Crippen molar-refractivity contribution in [2.75, 3.05) is 19.8 Å². The molecule has 59 valence electrons. The molecule has 0 unspecified atom stereocenters. The van der Waals surface area contributed by atoms with Gasteiger partial charge in [-0.25, -0.2) is 0 Å². The zero-order valence-electron chi connectivity index (χ0n) is 6.26. The van der Waals surface area contributed by atoms with Gasteiger partial charge in [-0.3, -0.25) is 4.79 Å². The van der Waals surface area contributed by atoms with Crippen molar-refractivity contribution in [1.82, 2.24) is 0 Å². The molecule has 0 amide bonds. The van der Waals surface area contributed by atoms with Crippen LogP contribution in [0.4, 0.5) is 0 Å². The molecule has 0 saturated heterocycles. The van der Waals surface area contributed by atoms with E-state index < -0.39 is 0 Å². The van der Waals surface area contributed by atoms with Crippen LogP contribution in [0.2, 0.25) is 0 Å². The summed E-state index contributed by atoms with van der Waals surface area (Å²) in [5, 5.41) is 0. The Balaban J connectivity index is 2.84. The van der Waals surface area contributed by atoms with Crippen molar-refractivity contribution in [2.45, 2.75) is 13.3 Å². The molecule has 0 fully saturated rings. The van der Waals surface area contributed by atoms with Gasteiger partial charge in [0.05, 0.1) is 6.61 Å². The van der Waals surface area contributed by atoms with Crippen molar-refractivity contribution in [3.8, 4) is 0 Å². The van der Waals surface area contributed by atoms with E-state index in [1.165, 1.54) is 6.92 Å². The lowest BCUT2D eigenvalue weighted by Gasteiger charge is -2.00. The number of carbonyl (C=O) groups is 1. The van der Waals surface area contributed by atoms with Crippen molar-refractivity contribution >= 4 is 5.97 Å². The molecule has 1 radical (unpaired) electrons. The normalized spacial score (nSPS) is 9.40. The first kappa shape index (κ1) is 9.43. The maximum atomic E-state index is 10.2. The smallest absolute Gasteiger partial charge is 0.302 e. The summed E-state index contributed by atoms with van der Waals surface area (Å²) in [5.74, 6) is -0.241. The van der Waals surface area contributed by atoms with E-state index in [0.717, 1.165) is 6.42 Å². The minimum absolute atomic E-state index is 0.241. The Hall–Kier alpha value is -0.570. The Kier molecular flexibility index (Phi) is 6.18. The lowest BCUT2D eigenvalue weighted by Crippen LogP contribution is -2.04. The van der Waals surface area contributed by atoms with Crippen LogP contribution in [-0.2, 0) is 14.3 Å². The summed E-state index contributed by atoms with van der Waals surface area (Å²) in [6.45, 7) is 6.40. The average molecular weight is 145 g/mol. The van der Waals surface area contributed by atoms with Crippen LogP contribution in [0.25, 0.3) is 0 Å². The summed E-state index contributed by atoms with van der Waals surface area (Å²) >= 11 is 0. The van der Waals surface area contributed by atoms with E-state index >= 15 is 0 Å². The highest BCUT2D eigenvalue weighted by Gasteiger charge is 1.91. The van der Waals surface area contributed by atoms with Crippen LogP contribution in [0.1, 0.15) is 13.3 Å². The van der Waals surface area contributed by atoms with Gasteiger partial charge in [-0.15, -0.1) is 0 Å². The van der Waals surface area contributed by atoms with Gasteiger partial charge >= 0.3 is 5.97 Å². The average Bonchev–Trinajstić information content (AvgIpc) is 1.87. The first-order valence-corrected chi connectivity index (χ1v) is 3.27. The molecule has 3 heteroatoms. The summed E-state index contributed by atoms with van der Waals surface area (Å²) in [6.07, 6.45) is 0.745. The van der Waals surface area contributed by atoms with Gasteiger partial charge in [-0.2, -0.15) is 0 Å². The third kappa shape index (κ3) is 7.43. The Morgan fingerprint density at radius 3 is 2.70 bits per heavy atom. The molecule has 0 aromatic carbocycles. The Morgan fingerprint density at radius 1 is 1.50 bits per heavy atom. The van der Waals surface area contributed by atoms with Crippen LogP contribution in [0, 0.1) is 6.92 Å². The van der Waals surface area contributed by atoms with Crippen molar-refractivity contribution in [3.63, 3.8) is 0 Å². The van der Waals surface area contributed by atoms with Crippen molar-refractivity contribution in [2.24, 2.45) is 0 Å². The zero-order chi connectivity index (χ0) is 7.82. The fourth-order valence-electron chi connectivity index (χ4n) is 0.479. The number of esters is 1. The maximum absolute atomic E-state index is 10.2. The molecule has 0 rings (SSSR count). The van der Waals surface area contributed by atoms with Gasteiger partial charge in [0.15, 0.2) is 0 Å². The molecule has 0 saturated carbocycles. The summed E-state index contributed by atoms with van der Waals surface area (Å²) in [7, 11) is 0. The zero-order valence-corrected chi connectivity index (χ0v) is 6.26. The fourth-order valence-corrected chi connectivity index (χ4v) is 0.479. The van der Waals surface area contributed by atoms with E-state index in [-0.39, 0.29) is 5.97 Å². The highest BCUT2D eigenvalue weighted by molar-refractivity contribution is 5.65. The highest BCUT2D eigenvalue weighted by atomic mass is 16.5.